The molecule has 0 spiro atoms. The van der Waals surface area contributed by atoms with E-state index in [4.69, 9.17) is 5.84 Å². The number of benzene rings is 1. The van der Waals surface area contributed by atoms with Crippen molar-refractivity contribution in [3.8, 4) is 0 Å². The van der Waals surface area contributed by atoms with Crippen LogP contribution in [0.2, 0.25) is 0 Å². The molecule has 17 heavy (non-hydrogen) atoms. The molecular formula is C13H16BrN3. The lowest BCUT2D eigenvalue weighted by molar-refractivity contribution is 0.637. The van der Waals surface area contributed by atoms with Gasteiger partial charge in [-0.25, -0.2) is 0 Å². The van der Waals surface area contributed by atoms with Crippen LogP contribution in [-0.4, -0.2) is 4.98 Å². The number of fused-ring (bicyclic) bond motifs is 1. The molecule has 0 unspecified atom stereocenters. The smallest absolute Gasteiger partial charge is 0.0868 e. The summed E-state index contributed by atoms with van der Waals surface area (Å²) in [6.07, 6.45) is 0.950. The molecule has 3 N–H and O–H groups in total. The lowest BCUT2D eigenvalue weighted by atomic mass is 10.1. The predicted molar refractivity (Wildman–Crippen MR) is 75.8 cm³/mol. The lowest BCUT2D eigenvalue weighted by Gasteiger charge is -2.11. The van der Waals surface area contributed by atoms with Crippen LogP contribution in [0, 0.1) is 5.92 Å². The van der Waals surface area contributed by atoms with Gasteiger partial charge in [0.15, 0.2) is 0 Å². The zero-order chi connectivity index (χ0) is 12.4. The van der Waals surface area contributed by atoms with Gasteiger partial charge in [0.05, 0.1) is 11.2 Å². The third-order valence-electron chi connectivity index (χ3n) is 2.62. The fraction of sp³-hybridized carbons (Fsp3) is 0.308. The average Bonchev–Trinajstić information content (AvgIpc) is 2.28. The van der Waals surface area contributed by atoms with Crippen LogP contribution in [0.1, 0.15) is 19.5 Å². The number of hydrogen-bond acceptors (Lipinski definition) is 3. The second-order valence-corrected chi connectivity index (χ2v) is 5.39. The molecule has 0 bridgehead atoms. The van der Waals surface area contributed by atoms with Crippen LogP contribution in [-0.2, 0) is 6.42 Å². The molecule has 1 aromatic carbocycles. The van der Waals surface area contributed by atoms with E-state index < -0.39 is 0 Å². The van der Waals surface area contributed by atoms with Crippen LogP contribution in [0.25, 0.3) is 10.9 Å². The second-order valence-electron chi connectivity index (χ2n) is 4.54. The maximum absolute atomic E-state index is 5.57. The number of anilines is 1. The summed E-state index contributed by atoms with van der Waals surface area (Å²) in [5.41, 5.74) is 5.69. The van der Waals surface area contributed by atoms with E-state index in [0.717, 1.165) is 33.2 Å². The Morgan fingerprint density at radius 1 is 1.41 bits per heavy atom. The van der Waals surface area contributed by atoms with Crippen molar-refractivity contribution >= 4 is 32.5 Å². The summed E-state index contributed by atoms with van der Waals surface area (Å²) in [6, 6.07) is 8.02. The summed E-state index contributed by atoms with van der Waals surface area (Å²) in [6.45, 7) is 4.36. The van der Waals surface area contributed by atoms with Crippen molar-refractivity contribution < 1.29 is 0 Å². The molecule has 1 aromatic heterocycles. The van der Waals surface area contributed by atoms with E-state index in [2.05, 4.69) is 40.2 Å². The van der Waals surface area contributed by atoms with Crippen molar-refractivity contribution in [2.45, 2.75) is 20.3 Å². The molecule has 0 fully saturated rings. The first-order valence-electron chi connectivity index (χ1n) is 5.66. The lowest BCUT2D eigenvalue weighted by Crippen LogP contribution is -2.09. The Kier molecular flexibility index (Phi) is 3.64. The monoisotopic (exact) mass is 293 g/mol. The maximum atomic E-state index is 5.57. The molecule has 0 aliphatic heterocycles. The Balaban J connectivity index is 2.63. The van der Waals surface area contributed by atoms with Crippen molar-refractivity contribution in [3.05, 3.63) is 34.4 Å². The predicted octanol–water partition coefficient (Wildman–Crippen LogP) is 3.48. The van der Waals surface area contributed by atoms with E-state index >= 15 is 0 Å². The van der Waals surface area contributed by atoms with Crippen LogP contribution in [0.4, 0.5) is 5.69 Å². The molecule has 2 aromatic rings. The summed E-state index contributed by atoms with van der Waals surface area (Å²) >= 11 is 3.53. The van der Waals surface area contributed by atoms with Crippen LogP contribution in [0.15, 0.2) is 28.7 Å². The van der Waals surface area contributed by atoms with E-state index in [-0.39, 0.29) is 0 Å². The first-order valence-corrected chi connectivity index (χ1v) is 6.46. The minimum atomic E-state index is 0.577. The van der Waals surface area contributed by atoms with Crippen molar-refractivity contribution in [2.75, 3.05) is 5.43 Å². The molecule has 1 heterocycles. The van der Waals surface area contributed by atoms with Gasteiger partial charge >= 0.3 is 0 Å². The topological polar surface area (TPSA) is 50.9 Å². The fourth-order valence-corrected chi connectivity index (χ4v) is 2.36. The fourth-order valence-electron chi connectivity index (χ4n) is 1.91. The average molecular weight is 294 g/mol. The molecule has 2 rings (SSSR count). The first-order chi connectivity index (χ1) is 8.11. The molecule has 0 saturated carbocycles. The number of halogens is 1. The van der Waals surface area contributed by atoms with Gasteiger partial charge in [0.1, 0.15) is 0 Å². The Labute approximate surface area is 110 Å². The molecule has 0 radical (unpaired) electrons. The normalized spacial score (nSPS) is 11.1. The minimum absolute atomic E-state index is 0.577. The SMILES string of the molecule is CC(C)Cc1cc(NN)c2cccc(Br)c2n1. The van der Waals surface area contributed by atoms with Gasteiger partial charge in [-0.3, -0.25) is 10.8 Å². The Morgan fingerprint density at radius 3 is 2.82 bits per heavy atom. The van der Waals surface area contributed by atoms with Crippen LogP contribution in [0.5, 0.6) is 0 Å². The molecule has 0 saturated heterocycles. The molecule has 4 heteroatoms. The van der Waals surface area contributed by atoms with Gasteiger partial charge in [-0.15, -0.1) is 0 Å². The number of aromatic nitrogens is 1. The number of rotatable bonds is 3. The Bertz CT molecular complexity index is 537. The highest BCUT2D eigenvalue weighted by Gasteiger charge is 2.08. The summed E-state index contributed by atoms with van der Waals surface area (Å²) in [7, 11) is 0. The molecule has 0 aliphatic carbocycles. The number of nitrogens with one attached hydrogen (secondary N) is 1. The Morgan fingerprint density at radius 2 is 2.18 bits per heavy atom. The standard InChI is InChI=1S/C13H16BrN3/c1-8(2)6-9-7-12(17-15)10-4-3-5-11(14)13(10)16-9/h3-5,7-8H,6,15H2,1-2H3,(H,16,17). The molecule has 0 atom stereocenters. The van der Waals surface area contributed by atoms with Crippen LogP contribution < -0.4 is 11.3 Å². The van der Waals surface area contributed by atoms with Crippen LogP contribution in [0.3, 0.4) is 0 Å². The van der Waals surface area contributed by atoms with Crippen LogP contribution >= 0.6 is 15.9 Å². The second kappa shape index (κ2) is 5.02. The van der Waals surface area contributed by atoms with Gasteiger partial charge in [-0.1, -0.05) is 26.0 Å². The van der Waals surface area contributed by atoms with Crippen molar-refractivity contribution in [2.24, 2.45) is 11.8 Å². The largest absolute Gasteiger partial charge is 0.323 e. The molecule has 0 amide bonds. The van der Waals surface area contributed by atoms with Gasteiger partial charge in [-0.05, 0) is 40.4 Å². The molecule has 3 nitrogen and oxygen atoms in total. The third kappa shape index (κ3) is 2.58. The number of pyridine rings is 1. The summed E-state index contributed by atoms with van der Waals surface area (Å²) in [5.74, 6) is 6.15. The van der Waals surface area contributed by atoms with E-state index in [0.29, 0.717) is 5.92 Å². The summed E-state index contributed by atoms with van der Waals surface area (Å²) in [5, 5.41) is 1.04. The van der Waals surface area contributed by atoms with E-state index in [1.807, 2.05) is 24.3 Å². The number of para-hydroxylation sites is 1. The number of nitrogens with two attached hydrogens (primary N) is 1. The number of hydrogen-bond donors (Lipinski definition) is 2. The van der Waals surface area contributed by atoms with Gasteiger partial charge in [-0.2, -0.15) is 0 Å². The maximum Gasteiger partial charge on any atom is 0.0868 e. The van der Waals surface area contributed by atoms with E-state index in [1.54, 1.807) is 0 Å². The zero-order valence-electron chi connectivity index (χ0n) is 10.00. The summed E-state index contributed by atoms with van der Waals surface area (Å²) in [4.78, 5) is 4.68. The molecule has 90 valence electrons. The van der Waals surface area contributed by atoms with Gasteiger partial charge in [0.2, 0.25) is 0 Å². The van der Waals surface area contributed by atoms with Crippen molar-refractivity contribution in [1.82, 2.24) is 4.98 Å². The van der Waals surface area contributed by atoms with Gasteiger partial charge < -0.3 is 5.43 Å². The first kappa shape index (κ1) is 12.3. The van der Waals surface area contributed by atoms with E-state index in [9.17, 15) is 0 Å². The Hall–Kier alpha value is -1.13. The molecular weight excluding hydrogens is 278 g/mol. The number of nitrogens with zero attached hydrogens (tertiary/aromatic N) is 1. The molecule has 0 aliphatic rings. The van der Waals surface area contributed by atoms with Crippen molar-refractivity contribution in [3.63, 3.8) is 0 Å². The zero-order valence-corrected chi connectivity index (χ0v) is 11.6. The number of nitrogen functional groups attached to an aromatic ring is 1. The van der Waals surface area contributed by atoms with Gasteiger partial charge in [0.25, 0.3) is 0 Å². The quantitative estimate of drug-likeness (QED) is 0.673. The highest BCUT2D eigenvalue weighted by atomic mass is 79.9. The highest BCUT2D eigenvalue weighted by molar-refractivity contribution is 9.10. The third-order valence-corrected chi connectivity index (χ3v) is 3.26. The van der Waals surface area contributed by atoms with Crippen molar-refractivity contribution in [1.29, 1.82) is 0 Å². The minimum Gasteiger partial charge on any atom is -0.323 e. The summed E-state index contributed by atoms with van der Waals surface area (Å²) < 4.78 is 0.997. The highest BCUT2D eigenvalue weighted by Crippen LogP contribution is 2.28. The van der Waals surface area contributed by atoms with E-state index in [1.165, 1.54) is 0 Å². The van der Waals surface area contributed by atoms with Gasteiger partial charge in [0, 0.05) is 15.6 Å². The number of hydrazine groups is 1.